The van der Waals surface area contributed by atoms with Gasteiger partial charge in [-0.05, 0) is 56.5 Å². The second-order valence-corrected chi connectivity index (χ2v) is 13.0. The highest BCUT2D eigenvalue weighted by molar-refractivity contribution is 6.17. The third-order valence-electron chi connectivity index (χ3n) is 8.40. The van der Waals surface area contributed by atoms with Gasteiger partial charge >= 0.3 is 0 Å². The maximum atomic E-state index is 5.05. The van der Waals surface area contributed by atoms with E-state index in [4.69, 9.17) is 9.97 Å². The molecule has 2 nitrogen and oxygen atoms in total. The summed E-state index contributed by atoms with van der Waals surface area (Å²) in [6.07, 6.45) is 6.57. The number of benzene rings is 2. The van der Waals surface area contributed by atoms with Gasteiger partial charge in [0.1, 0.15) is 0 Å². The van der Waals surface area contributed by atoms with Crippen molar-refractivity contribution < 1.29 is 0 Å². The lowest BCUT2D eigenvalue weighted by Crippen LogP contribution is -2.18. The Morgan fingerprint density at radius 2 is 1.12 bits per heavy atom. The molecular formula is C30H34N2. The molecule has 2 aliphatic carbocycles. The van der Waals surface area contributed by atoms with Gasteiger partial charge in [0.05, 0.1) is 11.2 Å². The van der Waals surface area contributed by atoms with Crippen LogP contribution in [-0.4, -0.2) is 9.97 Å². The Morgan fingerprint density at radius 3 is 1.88 bits per heavy atom. The molecule has 0 fully saturated rings. The zero-order valence-electron chi connectivity index (χ0n) is 20.8. The number of hydrogen-bond acceptors (Lipinski definition) is 2. The highest BCUT2D eigenvalue weighted by Crippen LogP contribution is 2.53. The molecule has 0 spiro atoms. The molecule has 0 saturated carbocycles. The standard InChI is InChI=1S/C30H34N2/c1-27(2)15-28(3,4)23-20-12-9-17-19(25(20)31-14-22(23)27)11-10-18-21(17)13-32-26-24(18)29(5,6)16-30(26,7)8/h9-14H,15-16H2,1-8H3. The lowest BCUT2D eigenvalue weighted by Gasteiger charge is -2.23. The second kappa shape index (κ2) is 5.71. The molecule has 2 aromatic heterocycles. The Hall–Kier alpha value is -2.48. The number of aromatic nitrogens is 2. The molecule has 0 N–H and O–H groups in total. The first-order valence-corrected chi connectivity index (χ1v) is 12.0. The summed E-state index contributed by atoms with van der Waals surface area (Å²) in [4.78, 5) is 10.1. The van der Waals surface area contributed by atoms with E-state index in [0.717, 1.165) is 18.4 Å². The third-order valence-corrected chi connectivity index (χ3v) is 8.40. The van der Waals surface area contributed by atoms with Crippen molar-refractivity contribution in [2.24, 2.45) is 0 Å². The van der Waals surface area contributed by atoms with E-state index in [1.807, 2.05) is 0 Å². The molecule has 0 saturated heterocycles. The molecule has 0 amide bonds. The molecule has 32 heavy (non-hydrogen) atoms. The van der Waals surface area contributed by atoms with Crippen LogP contribution in [0.5, 0.6) is 0 Å². The first-order valence-electron chi connectivity index (χ1n) is 12.0. The maximum absolute atomic E-state index is 5.05. The number of nitrogens with zero attached hydrogens (tertiary/aromatic N) is 2. The first-order chi connectivity index (χ1) is 14.8. The number of rotatable bonds is 0. The van der Waals surface area contributed by atoms with Gasteiger partial charge in [0.15, 0.2) is 0 Å². The van der Waals surface area contributed by atoms with E-state index in [9.17, 15) is 0 Å². The molecule has 0 aliphatic heterocycles. The first kappa shape index (κ1) is 20.1. The van der Waals surface area contributed by atoms with Gasteiger partial charge < -0.3 is 0 Å². The minimum Gasteiger partial charge on any atom is -0.260 e. The summed E-state index contributed by atoms with van der Waals surface area (Å²) in [5, 5.41) is 6.46. The van der Waals surface area contributed by atoms with Gasteiger partial charge in [-0.1, -0.05) is 79.7 Å². The highest BCUT2D eigenvalue weighted by Gasteiger charge is 2.45. The van der Waals surface area contributed by atoms with Gasteiger partial charge in [0.25, 0.3) is 0 Å². The molecule has 2 aromatic carbocycles. The van der Waals surface area contributed by atoms with E-state index in [1.54, 1.807) is 0 Å². The minimum atomic E-state index is 0.117. The Kier molecular flexibility index (Phi) is 3.59. The van der Waals surface area contributed by atoms with E-state index in [1.165, 1.54) is 49.3 Å². The molecule has 0 bridgehead atoms. The van der Waals surface area contributed by atoms with Crippen LogP contribution in [0.3, 0.4) is 0 Å². The van der Waals surface area contributed by atoms with E-state index < -0.39 is 0 Å². The van der Waals surface area contributed by atoms with Gasteiger partial charge in [0, 0.05) is 34.0 Å². The summed E-state index contributed by atoms with van der Waals surface area (Å²) in [6, 6.07) is 9.30. The van der Waals surface area contributed by atoms with Crippen LogP contribution >= 0.6 is 0 Å². The predicted octanol–water partition coefficient (Wildman–Crippen LogP) is 7.85. The van der Waals surface area contributed by atoms with Crippen LogP contribution in [0.1, 0.15) is 90.6 Å². The van der Waals surface area contributed by atoms with Crippen LogP contribution in [0.25, 0.3) is 32.4 Å². The Balaban J connectivity index is 1.71. The van der Waals surface area contributed by atoms with Crippen molar-refractivity contribution in [2.45, 2.75) is 89.9 Å². The zero-order chi connectivity index (χ0) is 22.8. The highest BCUT2D eigenvalue weighted by atomic mass is 14.7. The van der Waals surface area contributed by atoms with Gasteiger partial charge in [-0.2, -0.15) is 0 Å². The van der Waals surface area contributed by atoms with E-state index >= 15 is 0 Å². The van der Waals surface area contributed by atoms with Crippen LogP contribution in [0.15, 0.2) is 36.7 Å². The summed E-state index contributed by atoms with van der Waals surface area (Å²) >= 11 is 0. The molecule has 0 unspecified atom stereocenters. The van der Waals surface area contributed by atoms with Gasteiger partial charge in [-0.3, -0.25) is 9.97 Å². The van der Waals surface area contributed by atoms with Gasteiger partial charge in [-0.15, -0.1) is 0 Å². The molecule has 2 heterocycles. The quantitative estimate of drug-likeness (QED) is 0.270. The Labute approximate surface area is 191 Å². The topological polar surface area (TPSA) is 25.8 Å². The Morgan fingerprint density at radius 1 is 0.531 bits per heavy atom. The molecule has 164 valence electrons. The normalized spacial score (nSPS) is 21.9. The SMILES string of the molecule is CC1(C)CC(C)(C)c2c1cnc1c2ccc2c3cnc4c(c3ccc21)C(C)(C)CC4(C)C. The van der Waals surface area contributed by atoms with Crippen molar-refractivity contribution >= 4 is 32.4 Å². The monoisotopic (exact) mass is 422 g/mol. The van der Waals surface area contributed by atoms with Gasteiger partial charge in [-0.25, -0.2) is 0 Å². The van der Waals surface area contributed by atoms with Crippen molar-refractivity contribution in [2.75, 3.05) is 0 Å². The van der Waals surface area contributed by atoms with Crippen molar-refractivity contribution in [1.29, 1.82) is 0 Å². The van der Waals surface area contributed by atoms with Crippen molar-refractivity contribution in [3.05, 3.63) is 59.0 Å². The summed E-state index contributed by atoms with van der Waals surface area (Å²) in [6.45, 7) is 18.9. The average molecular weight is 423 g/mol. The number of fused-ring (bicyclic) bond motifs is 9. The third kappa shape index (κ3) is 2.42. The smallest absolute Gasteiger partial charge is 0.0783 e. The fourth-order valence-corrected chi connectivity index (χ4v) is 7.78. The van der Waals surface area contributed by atoms with Gasteiger partial charge in [0.2, 0.25) is 0 Å². The van der Waals surface area contributed by atoms with E-state index in [2.05, 4.69) is 92.0 Å². The predicted molar refractivity (Wildman–Crippen MR) is 136 cm³/mol. The Bertz CT molecular complexity index is 1350. The van der Waals surface area contributed by atoms with Crippen LogP contribution in [0.2, 0.25) is 0 Å². The lowest BCUT2D eigenvalue weighted by atomic mass is 9.80. The van der Waals surface area contributed by atoms with E-state index in [-0.39, 0.29) is 21.7 Å². The fraction of sp³-hybridized carbons (Fsp3) is 0.467. The second-order valence-electron chi connectivity index (χ2n) is 13.0. The van der Waals surface area contributed by atoms with Crippen LogP contribution in [0, 0.1) is 0 Å². The molecular weight excluding hydrogens is 388 g/mol. The van der Waals surface area contributed by atoms with Crippen molar-refractivity contribution in [1.82, 2.24) is 9.97 Å². The van der Waals surface area contributed by atoms with E-state index in [0.29, 0.717) is 0 Å². The largest absolute Gasteiger partial charge is 0.260 e. The number of pyridine rings is 2. The minimum absolute atomic E-state index is 0.117. The maximum Gasteiger partial charge on any atom is 0.0783 e. The molecule has 4 aromatic rings. The fourth-order valence-electron chi connectivity index (χ4n) is 7.78. The zero-order valence-corrected chi connectivity index (χ0v) is 20.8. The van der Waals surface area contributed by atoms with Crippen LogP contribution < -0.4 is 0 Å². The summed E-state index contributed by atoms with van der Waals surface area (Å²) < 4.78 is 0. The van der Waals surface area contributed by atoms with Crippen molar-refractivity contribution in [3.8, 4) is 0 Å². The summed E-state index contributed by atoms with van der Waals surface area (Å²) in [5.74, 6) is 0. The van der Waals surface area contributed by atoms with Crippen molar-refractivity contribution in [3.63, 3.8) is 0 Å². The molecule has 2 heteroatoms. The van der Waals surface area contributed by atoms with Crippen LogP contribution in [-0.2, 0) is 21.7 Å². The lowest BCUT2D eigenvalue weighted by molar-refractivity contribution is 0.400. The average Bonchev–Trinajstić information content (AvgIpc) is 3.01. The summed E-state index contributed by atoms with van der Waals surface area (Å²) in [5.41, 5.74) is 7.32. The molecule has 6 rings (SSSR count). The summed E-state index contributed by atoms with van der Waals surface area (Å²) in [7, 11) is 0. The molecule has 0 atom stereocenters. The van der Waals surface area contributed by atoms with Crippen LogP contribution in [0.4, 0.5) is 0 Å². The molecule has 0 radical (unpaired) electrons. The molecule has 2 aliphatic rings. The number of hydrogen-bond donors (Lipinski definition) is 0.